The smallest absolute Gasteiger partial charge is 0.277 e. The van der Waals surface area contributed by atoms with Gasteiger partial charge in [0.15, 0.2) is 5.69 Å². The number of rotatable bonds is 4. The van der Waals surface area contributed by atoms with E-state index in [2.05, 4.69) is 30.7 Å². The van der Waals surface area contributed by atoms with Crippen molar-refractivity contribution in [2.75, 3.05) is 36.4 Å². The van der Waals surface area contributed by atoms with Crippen LogP contribution in [0.15, 0.2) is 41.9 Å². The second-order valence-corrected chi connectivity index (χ2v) is 6.68. The molecule has 3 aromatic heterocycles. The summed E-state index contributed by atoms with van der Waals surface area (Å²) in [5, 5.41) is 15.1. The van der Waals surface area contributed by atoms with Gasteiger partial charge in [-0.15, -0.1) is 11.3 Å². The Balaban J connectivity index is 1.42. The standard InChI is InChI=1S/C17H18N6OS/c24-17(14-10-13(21-22-14)15-2-1-9-25-15)20-16-4-3-12(11-19-16)23-7-5-18-6-8-23/h1-4,9-11,18H,5-8H2,(H,21,22)(H,19,20,24). The lowest BCUT2D eigenvalue weighted by Gasteiger charge is -2.29. The third-order valence-electron chi connectivity index (χ3n) is 4.07. The van der Waals surface area contributed by atoms with Gasteiger partial charge in [0, 0.05) is 26.2 Å². The van der Waals surface area contributed by atoms with E-state index in [9.17, 15) is 4.79 Å². The Kier molecular flexibility index (Phi) is 4.45. The van der Waals surface area contributed by atoms with Gasteiger partial charge in [-0.3, -0.25) is 9.89 Å². The maximum absolute atomic E-state index is 12.3. The van der Waals surface area contributed by atoms with Crippen molar-refractivity contribution in [2.45, 2.75) is 0 Å². The summed E-state index contributed by atoms with van der Waals surface area (Å²) in [6.45, 7) is 3.88. The number of nitrogens with one attached hydrogen (secondary N) is 3. The minimum absolute atomic E-state index is 0.276. The lowest BCUT2D eigenvalue weighted by molar-refractivity contribution is 0.102. The van der Waals surface area contributed by atoms with Gasteiger partial charge in [-0.25, -0.2) is 4.98 Å². The number of piperazine rings is 1. The molecular weight excluding hydrogens is 336 g/mol. The van der Waals surface area contributed by atoms with Crippen LogP contribution >= 0.6 is 11.3 Å². The summed E-state index contributed by atoms with van der Waals surface area (Å²) in [6, 6.07) is 9.49. The topological polar surface area (TPSA) is 85.9 Å². The lowest BCUT2D eigenvalue weighted by Crippen LogP contribution is -2.43. The van der Waals surface area contributed by atoms with Gasteiger partial charge in [0.05, 0.1) is 22.5 Å². The Morgan fingerprint density at radius 3 is 2.84 bits per heavy atom. The third-order valence-corrected chi connectivity index (χ3v) is 4.97. The summed E-state index contributed by atoms with van der Waals surface area (Å²) in [6.07, 6.45) is 1.79. The van der Waals surface area contributed by atoms with E-state index in [4.69, 9.17) is 0 Å². The van der Waals surface area contributed by atoms with Crippen molar-refractivity contribution in [3.8, 4) is 10.6 Å². The number of H-pyrrole nitrogens is 1. The van der Waals surface area contributed by atoms with Crippen LogP contribution < -0.4 is 15.5 Å². The summed E-state index contributed by atoms with van der Waals surface area (Å²) in [4.78, 5) is 20.0. The predicted octanol–water partition coefficient (Wildman–Crippen LogP) is 2.20. The van der Waals surface area contributed by atoms with Crippen LogP contribution in [0.1, 0.15) is 10.5 Å². The summed E-state index contributed by atoms with van der Waals surface area (Å²) < 4.78 is 0. The molecule has 0 radical (unpaired) electrons. The van der Waals surface area contributed by atoms with Crippen LogP contribution in [-0.4, -0.2) is 47.3 Å². The van der Waals surface area contributed by atoms with Gasteiger partial charge in [0.2, 0.25) is 0 Å². The molecule has 1 amide bonds. The number of pyridine rings is 1. The van der Waals surface area contributed by atoms with Crippen LogP contribution in [0.5, 0.6) is 0 Å². The molecule has 1 fully saturated rings. The predicted molar refractivity (Wildman–Crippen MR) is 99.2 cm³/mol. The van der Waals surface area contributed by atoms with Crippen LogP contribution in [0.3, 0.4) is 0 Å². The van der Waals surface area contributed by atoms with E-state index in [0.717, 1.165) is 42.4 Å². The van der Waals surface area contributed by atoms with Gasteiger partial charge in [-0.2, -0.15) is 5.10 Å². The number of hydrogen-bond acceptors (Lipinski definition) is 6. The van der Waals surface area contributed by atoms with Gasteiger partial charge in [-0.1, -0.05) is 6.07 Å². The molecule has 7 nitrogen and oxygen atoms in total. The minimum atomic E-state index is -0.276. The van der Waals surface area contributed by atoms with E-state index in [1.165, 1.54) is 0 Å². The number of carbonyl (C=O) groups excluding carboxylic acids is 1. The summed E-state index contributed by atoms with van der Waals surface area (Å²) in [7, 11) is 0. The van der Waals surface area contributed by atoms with Crippen molar-refractivity contribution in [1.29, 1.82) is 0 Å². The fraction of sp³-hybridized carbons (Fsp3) is 0.235. The summed E-state index contributed by atoms with van der Waals surface area (Å²) in [5.41, 5.74) is 2.25. The van der Waals surface area contributed by atoms with E-state index in [1.807, 2.05) is 29.6 Å². The molecule has 4 heterocycles. The van der Waals surface area contributed by atoms with Crippen molar-refractivity contribution >= 4 is 28.7 Å². The average molecular weight is 354 g/mol. The average Bonchev–Trinajstić information content (AvgIpc) is 3.35. The number of carbonyl (C=O) groups is 1. The molecule has 8 heteroatoms. The molecule has 0 atom stereocenters. The molecule has 128 valence electrons. The molecule has 0 unspecified atom stereocenters. The van der Waals surface area contributed by atoms with Crippen molar-refractivity contribution in [3.63, 3.8) is 0 Å². The maximum atomic E-state index is 12.3. The zero-order valence-corrected chi connectivity index (χ0v) is 14.3. The van der Waals surface area contributed by atoms with Crippen LogP contribution in [0.4, 0.5) is 11.5 Å². The number of thiophene rings is 1. The summed E-state index contributed by atoms with van der Waals surface area (Å²) >= 11 is 1.60. The highest BCUT2D eigenvalue weighted by Gasteiger charge is 2.14. The molecule has 4 rings (SSSR count). The Hall–Kier alpha value is -2.71. The highest BCUT2D eigenvalue weighted by molar-refractivity contribution is 7.13. The number of aromatic amines is 1. The Bertz CT molecular complexity index is 836. The monoisotopic (exact) mass is 354 g/mol. The van der Waals surface area contributed by atoms with Gasteiger partial charge >= 0.3 is 0 Å². The summed E-state index contributed by atoms with van der Waals surface area (Å²) in [5.74, 6) is 0.242. The molecule has 1 aliphatic rings. The molecule has 0 aliphatic carbocycles. The first-order chi connectivity index (χ1) is 12.3. The van der Waals surface area contributed by atoms with Gasteiger partial charge in [0.25, 0.3) is 5.91 Å². The highest BCUT2D eigenvalue weighted by atomic mass is 32.1. The van der Waals surface area contributed by atoms with E-state index < -0.39 is 0 Å². The molecule has 1 saturated heterocycles. The van der Waals surface area contributed by atoms with Crippen molar-refractivity contribution in [2.24, 2.45) is 0 Å². The zero-order chi connectivity index (χ0) is 17.1. The second-order valence-electron chi connectivity index (χ2n) is 5.74. The first-order valence-corrected chi connectivity index (χ1v) is 9.00. The van der Waals surface area contributed by atoms with Crippen molar-refractivity contribution in [1.82, 2.24) is 20.5 Å². The minimum Gasteiger partial charge on any atom is -0.368 e. The first kappa shape index (κ1) is 15.8. The Labute approximate surface area is 149 Å². The van der Waals surface area contributed by atoms with Crippen molar-refractivity contribution < 1.29 is 4.79 Å². The lowest BCUT2D eigenvalue weighted by atomic mass is 10.3. The quantitative estimate of drug-likeness (QED) is 0.669. The van der Waals surface area contributed by atoms with E-state index in [-0.39, 0.29) is 5.91 Å². The van der Waals surface area contributed by atoms with Gasteiger partial charge < -0.3 is 15.5 Å². The maximum Gasteiger partial charge on any atom is 0.277 e. The third kappa shape index (κ3) is 3.54. The van der Waals surface area contributed by atoms with E-state index in [0.29, 0.717) is 11.5 Å². The van der Waals surface area contributed by atoms with Crippen LogP contribution in [0.25, 0.3) is 10.6 Å². The Morgan fingerprint density at radius 1 is 1.24 bits per heavy atom. The van der Waals surface area contributed by atoms with Gasteiger partial charge in [0.1, 0.15) is 5.82 Å². The zero-order valence-electron chi connectivity index (χ0n) is 13.5. The van der Waals surface area contributed by atoms with E-state index in [1.54, 1.807) is 23.6 Å². The van der Waals surface area contributed by atoms with Gasteiger partial charge in [-0.05, 0) is 29.6 Å². The Morgan fingerprint density at radius 2 is 2.12 bits per heavy atom. The first-order valence-electron chi connectivity index (χ1n) is 8.12. The number of amides is 1. The van der Waals surface area contributed by atoms with E-state index >= 15 is 0 Å². The molecule has 3 aromatic rings. The molecule has 3 N–H and O–H groups in total. The molecular formula is C17H18N6OS. The molecule has 0 aromatic carbocycles. The SMILES string of the molecule is O=C(Nc1ccc(N2CCNCC2)cn1)c1cc(-c2cccs2)[nH]n1. The molecule has 25 heavy (non-hydrogen) atoms. The fourth-order valence-corrected chi connectivity index (χ4v) is 3.44. The van der Waals surface area contributed by atoms with Crippen molar-refractivity contribution in [3.05, 3.63) is 47.6 Å². The van der Waals surface area contributed by atoms with Crippen LogP contribution in [0, 0.1) is 0 Å². The molecule has 0 spiro atoms. The van der Waals surface area contributed by atoms with Crippen LogP contribution in [0.2, 0.25) is 0 Å². The normalized spacial score (nSPS) is 14.5. The number of aromatic nitrogens is 3. The molecule has 0 bridgehead atoms. The number of anilines is 2. The number of hydrogen-bond donors (Lipinski definition) is 3. The molecule has 1 aliphatic heterocycles. The largest absolute Gasteiger partial charge is 0.368 e. The van der Waals surface area contributed by atoms with Crippen LogP contribution in [-0.2, 0) is 0 Å². The second kappa shape index (κ2) is 7.04. The highest BCUT2D eigenvalue weighted by Crippen LogP contribution is 2.23. The fourth-order valence-electron chi connectivity index (χ4n) is 2.75. The number of nitrogens with zero attached hydrogens (tertiary/aromatic N) is 3. The molecule has 0 saturated carbocycles.